The fourth-order valence-electron chi connectivity index (χ4n) is 2.99. The van der Waals surface area contributed by atoms with Gasteiger partial charge in [0.25, 0.3) is 5.91 Å². The third kappa shape index (κ3) is 3.52. The van der Waals surface area contributed by atoms with E-state index >= 15 is 0 Å². The Morgan fingerprint density at radius 1 is 1.21 bits per heavy atom. The minimum absolute atomic E-state index is 0.306. The maximum Gasteiger partial charge on any atom is 0.271 e. The van der Waals surface area contributed by atoms with Crippen LogP contribution < -0.4 is 10.1 Å². The highest BCUT2D eigenvalue weighted by molar-refractivity contribution is 6.03. The molecule has 1 aromatic carbocycles. The number of carbonyl (C=O) groups excluding carboxylic acids is 1. The summed E-state index contributed by atoms with van der Waals surface area (Å²) < 4.78 is 5.21. The third-order valence-corrected chi connectivity index (χ3v) is 4.34. The standard InChI is InChI=1S/C18H18N8O2/c1-10-20-16(13-7-8-19-17(13)21-10)18(27)22-14(9-15-23-25-26-24-15)11-3-5-12(28-2)6-4-11/h3-8,14H,9H2,1-2H3,(H,22,27)(H,19,20,21)(H,23,24,25,26)/t14-/m1/s1. The van der Waals surface area contributed by atoms with Crippen molar-refractivity contribution in [3.05, 3.63) is 59.4 Å². The number of aromatic nitrogens is 7. The zero-order valence-electron chi connectivity index (χ0n) is 15.3. The first-order chi connectivity index (χ1) is 13.6. The van der Waals surface area contributed by atoms with E-state index in [9.17, 15) is 4.79 Å². The molecule has 0 saturated carbocycles. The minimum atomic E-state index is -0.375. The Bertz CT molecular complexity index is 1090. The summed E-state index contributed by atoms with van der Waals surface area (Å²) in [6.45, 7) is 1.75. The Labute approximate surface area is 159 Å². The van der Waals surface area contributed by atoms with E-state index < -0.39 is 0 Å². The lowest BCUT2D eigenvalue weighted by molar-refractivity contribution is 0.0932. The lowest BCUT2D eigenvalue weighted by Gasteiger charge is -2.18. The molecule has 0 aliphatic carbocycles. The highest BCUT2D eigenvalue weighted by Crippen LogP contribution is 2.22. The highest BCUT2D eigenvalue weighted by atomic mass is 16.5. The van der Waals surface area contributed by atoms with Crippen molar-refractivity contribution in [1.82, 2.24) is 40.9 Å². The van der Waals surface area contributed by atoms with Gasteiger partial charge in [-0.15, -0.1) is 10.2 Å². The van der Waals surface area contributed by atoms with Crippen molar-refractivity contribution in [2.45, 2.75) is 19.4 Å². The summed E-state index contributed by atoms with van der Waals surface area (Å²) in [4.78, 5) is 24.7. The fraction of sp³-hybridized carbons (Fsp3) is 0.222. The number of aryl methyl sites for hydroxylation is 1. The van der Waals surface area contributed by atoms with Crippen LogP contribution in [0.5, 0.6) is 5.75 Å². The number of methoxy groups -OCH3 is 1. The van der Waals surface area contributed by atoms with E-state index in [2.05, 4.69) is 40.9 Å². The predicted octanol–water partition coefficient (Wildman–Crippen LogP) is 1.50. The van der Waals surface area contributed by atoms with E-state index in [0.717, 1.165) is 11.3 Å². The maximum absolute atomic E-state index is 13.0. The molecule has 3 aromatic heterocycles. The van der Waals surface area contributed by atoms with E-state index in [4.69, 9.17) is 4.74 Å². The molecule has 3 N–H and O–H groups in total. The molecule has 3 heterocycles. The molecule has 0 spiro atoms. The van der Waals surface area contributed by atoms with Crippen molar-refractivity contribution in [3.63, 3.8) is 0 Å². The van der Waals surface area contributed by atoms with Gasteiger partial charge in [0.05, 0.1) is 18.5 Å². The Balaban J connectivity index is 1.65. The number of hydrogen-bond acceptors (Lipinski definition) is 7. The minimum Gasteiger partial charge on any atom is -0.497 e. The Kier molecular flexibility index (Phi) is 4.67. The van der Waals surface area contributed by atoms with Crippen LogP contribution in [-0.4, -0.2) is 48.6 Å². The molecule has 10 heteroatoms. The van der Waals surface area contributed by atoms with Crippen molar-refractivity contribution in [1.29, 1.82) is 0 Å². The van der Waals surface area contributed by atoms with Crippen LogP contribution in [0.25, 0.3) is 11.0 Å². The molecule has 1 amide bonds. The predicted molar refractivity (Wildman–Crippen MR) is 99.7 cm³/mol. The van der Waals surface area contributed by atoms with Crippen LogP contribution in [0.4, 0.5) is 0 Å². The zero-order valence-corrected chi connectivity index (χ0v) is 15.3. The van der Waals surface area contributed by atoms with Crippen molar-refractivity contribution in [3.8, 4) is 5.75 Å². The summed E-state index contributed by atoms with van der Waals surface area (Å²) in [6.07, 6.45) is 2.10. The van der Waals surface area contributed by atoms with Crippen LogP contribution in [0.2, 0.25) is 0 Å². The first kappa shape index (κ1) is 17.6. The number of nitrogens with one attached hydrogen (secondary N) is 3. The molecule has 0 radical (unpaired) electrons. The van der Waals surface area contributed by atoms with Crippen LogP contribution in [0.15, 0.2) is 36.5 Å². The first-order valence-electron chi connectivity index (χ1n) is 8.63. The lowest BCUT2D eigenvalue weighted by atomic mass is 10.0. The molecule has 1 atom stereocenters. The molecule has 0 fully saturated rings. The Morgan fingerprint density at radius 3 is 2.75 bits per heavy atom. The van der Waals surface area contributed by atoms with Gasteiger partial charge in [-0.2, -0.15) is 5.21 Å². The van der Waals surface area contributed by atoms with Gasteiger partial charge in [-0.05, 0) is 30.7 Å². The average Bonchev–Trinajstić information content (AvgIpc) is 3.38. The van der Waals surface area contributed by atoms with Gasteiger partial charge in [-0.25, -0.2) is 9.97 Å². The number of amides is 1. The van der Waals surface area contributed by atoms with Gasteiger partial charge in [0.1, 0.15) is 22.9 Å². The normalized spacial score (nSPS) is 12.1. The summed E-state index contributed by atoms with van der Waals surface area (Å²) in [5.41, 5.74) is 1.82. The summed E-state index contributed by atoms with van der Waals surface area (Å²) >= 11 is 0. The zero-order chi connectivity index (χ0) is 19.5. The molecule has 0 saturated heterocycles. The smallest absolute Gasteiger partial charge is 0.271 e. The number of tetrazole rings is 1. The van der Waals surface area contributed by atoms with Crippen LogP contribution in [0, 0.1) is 6.92 Å². The molecular weight excluding hydrogens is 360 g/mol. The lowest BCUT2D eigenvalue weighted by Crippen LogP contribution is -2.31. The third-order valence-electron chi connectivity index (χ3n) is 4.34. The van der Waals surface area contributed by atoms with E-state index in [-0.39, 0.29) is 11.9 Å². The van der Waals surface area contributed by atoms with Gasteiger partial charge < -0.3 is 15.0 Å². The number of fused-ring (bicyclic) bond motifs is 1. The molecule has 0 aliphatic heterocycles. The van der Waals surface area contributed by atoms with Crippen molar-refractivity contribution >= 4 is 16.9 Å². The number of H-pyrrole nitrogens is 2. The first-order valence-corrected chi connectivity index (χ1v) is 8.63. The second kappa shape index (κ2) is 7.43. The second-order valence-electron chi connectivity index (χ2n) is 6.19. The van der Waals surface area contributed by atoms with Crippen LogP contribution >= 0.6 is 0 Å². The molecule has 10 nitrogen and oxygen atoms in total. The number of hydrogen-bond donors (Lipinski definition) is 3. The average molecular weight is 378 g/mol. The van der Waals surface area contributed by atoms with Crippen LogP contribution in [0.3, 0.4) is 0 Å². The van der Waals surface area contributed by atoms with Gasteiger partial charge in [-0.1, -0.05) is 17.3 Å². The van der Waals surface area contributed by atoms with Crippen molar-refractivity contribution < 1.29 is 9.53 Å². The van der Waals surface area contributed by atoms with Gasteiger partial charge in [0.15, 0.2) is 5.82 Å². The largest absolute Gasteiger partial charge is 0.497 e. The molecule has 4 aromatic rings. The maximum atomic E-state index is 13.0. The second-order valence-corrected chi connectivity index (χ2v) is 6.19. The van der Waals surface area contributed by atoms with E-state index in [1.54, 1.807) is 26.3 Å². The van der Waals surface area contributed by atoms with Gasteiger partial charge >= 0.3 is 0 Å². The van der Waals surface area contributed by atoms with Crippen molar-refractivity contribution in [2.75, 3.05) is 7.11 Å². The van der Waals surface area contributed by atoms with Crippen LogP contribution in [-0.2, 0) is 6.42 Å². The summed E-state index contributed by atoms with van der Waals surface area (Å²) in [5, 5.41) is 17.7. The monoisotopic (exact) mass is 378 g/mol. The molecule has 0 aliphatic rings. The molecule has 4 rings (SSSR count). The summed E-state index contributed by atoms with van der Waals surface area (Å²) in [7, 11) is 1.60. The van der Waals surface area contributed by atoms with Crippen LogP contribution in [0.1, 0.15) is 33.7 Å². The van der Waals surface area contributed by atoms with E-state index in [0.29, 0.717) is 34.8 Å². The van der Waals surface area contributed by atoms with Crippen molar-refractivity contribution in [2.24, 2.45) is 0 Å². The number of aromatic amines is 2. The Morgan fingerprint density at radius 2 is 2.04 bits per heavy atom. The summed E-state index contributed by atoms with van der Waals surface area (Å²) in [5.74, 6) is 1.43. The molecule has 28 heavy (non-hydrogen) atoms. The summed E-state index contributed by atoms with van der Waals surface area (Å²) in [6, 6.07) is 8.86. The number of ether oxygens (including phenoxy) is 1. The van der Waals surface area contributed by atoms with Gasteiger partial charge in [0.2, 0.25) is 0 Å². The van der Waals surface area contributed by atoms with Gasteiger partial charge in [-0.3, -0.25) is 4.79 Å². The molecule has 0 unspecified atom stereocenters. The number of benzene rings is 1. The van der Waals surface area contributed by atoms with E-state index in [1.165, 1.54) is 0 Å². The SMILES string of the molecule is COc1ccc([C@@H](Cc2nn[nH]n2)NC(=O)c2nc(C)nc3[nH]ccc23)cc1. The fourth-order valence-corrected chi connectivity index (χ4v) is 2.99. The topological polar surface area (TPSA) is 134 Å². The highest BCUT2D eigenvalue weighted by Gasteiger charge is 2.21. The van der Waals surface area contributed by atoms with Gasteiger partial charge in [0, 0.05) is 12.6 Å². The number of carbonyl (C=O) groups is 1. The Hall–Kier alpha value is -3.82. The quantitative estimate of drug-likeness (QED) is 0.463. The number of nitrogens with zero attached hydrogens (tertiary/aromatic N) is 5. The molecular formula is C18H18N8O2. The van der Waals surface area contributed by atoms with E-state index in [1.807, 2.05) is 24.3 Å². The molecule has 142 valence electrons. The molecule has 0 bridgehead atoms. The number of rotatable bonds is 6.